The Morgan fingerprint density at radius 1 is 0.514 bits per heavy atom. The monoisotopic (exact) mass is 601 g/mol. The van der Waals surface area contributed by atoms with Gasteiger partial charge in [0.15, 0.2) is 0 Å². The van der Waals surface area contributed by atoms with Crippen molar-refractivity contribution in [1.29, 1.82) is 0 Å². The molecule has 0 saturated heterocycles. The van der Waals surface area contributed by atoms with E-state index < -0.39 is 5.97 Å². The zero-order chi connectivity index (χ0) is 26.5. The van der Waals surface area contributed by atoms with E-state index in [4.69, 9.17) is 5.11 Å². The Kier molecular flexibility index (Phi) is 32.6. The topological polar surface area (TPSA) is 37.3 Å². The van der Waals surface area contributed by atoms with Gasteiger partial charge in [0.1, 0.15) is 0 Å². The van der Waals surface area contributed by atoms with Gasteiger partial charge in [-0.1, -0.05) is 96.8 Å². The third kappa shape index (κ3) is 41.7. The number of aliphatic carboxylic acids is 1. The normalized spacial score (nSPS) is 11.3. The number of carboxylic acid groups (broad SMARTS) is 1. The quantitative estimate of drug-likeness (QED) is 0.0792. The molecule has 0 rings (SSSR count). The van der Waals surface area contributed by atoms with Crippen LogP contribution in [-0.2, 0) is 4.79 Å². The molecule has 0 saturated carbocycles. The molecule has 0 aromatic heterocycles. The Morgan fingerprint density at radius 3 is 1.03 bits per heavy atom. The van der Waals surface area contributed by atoms with Crippen LogP contribution in [0.2, 0.25) is 3.43 Å². The van der Waals surface area contributed by atoms with E-state index >= 15 is 0 Å². The van der Waals surface area contributed by atoms with Crippen LogP contribution in [-0.4, -0.2) is 33.6 Å². The predicted molar refractivity (Wildman–Crippen MR) is 159 cm³/mol. The van der Waals surface area contributed by atoms with E-state index in [1.165, 1.54) is 148 Å². The van der Waals surface area contributed by atoms with Gasteiger partial charge in [0.25, 0.3) is 0 Å². The van der Waals surface area contributed by atoms with Crippen LogP contribution in [0.4, 0.5) is 0 Å². The summed E-state index contributed by atoms with van der Waals surface area (Å²) in [7, 11) is 0. The molecule has 0 spiro atoms. The molecule has 0 heterocycles. The van der Waals surface area contributed by atoms with Crippen molar-refractivity contribution in [3.8, 4) is 0 Å². The first-order valence-corrected chi connectivity index (χ1v) is 17.2. The first-order chi connectivity index (χ1) is 16.8. The Hall–Kier alpha value is 0.269. The minimum atomic E-state index is -0.653. The van der Waals surface area contributed by atoms with Gasteiger partial charge in [0.2, 0.25) is 0 Å². The van der Waals surface area contributed by atoms with Crippen LogP contribution in [0.5, 0.6) is 0 Å². The summed E-state index contributed by atoms with van der Waals surface area (Å²) in [5, 5.41) is 8.52. The number of unbranched alkanes of at least 4 members (excludes halogenated alkanes) is 22. The number of rotatable bonds is 26. The molecule has 3 heteroatoms. The van der Waals surface area contributed by atoms with E-state index in [9.17, 15) is 4.79 Å². The van der Waals surface area contributed by atoms with Crippen LogP contribution in [0, 0.1) is 0 Å². The second-order valence-electron chi connectivity index (χ2n) is 11.6. The zero-order valence-corrected chi connectivity index (χ0v) is 27.6. The van der Waals surface area contributed by atoms with E-state index in [0.717, 1.165) is 12.8 Å². The molecule has 0 atom stereocenters. The van der Waals surface area contributed by atoms with Gasteiger partial charge in [0.05, 0.1) is 0 Å². The number of hydrogen-bond acceptors (Lipinski definition) is 1. The SMILES string of the molecule is CCCCCCCCCCCCCCCCCC(=O)O.CCCCCCCCCCC[C](C)(C)[Sn]. The third-order valence-corrected chi connectivity index (χ3v) is 7.61. The van der Waals surface area contributed by atoms with Crippen LogP contribution in [0.1, 0.15) is 195 Å². The fraction of sp³-hybridized carbons (Fsp3) is 0.969. The van der Waals surface area contributed by atoms with Crippen molar-refractivity contribution in [2.75, 3.05) is 0 Å². The van der Waals surface area contributed by atoms with Crippen molar-refractivity contribution in [3.05, 3.63) is 0 Å². The summed E-state index contributed by atoms with van der Waals surface area (Å²) < 4.78 is 0.633. The molecular formula is C32H65O2Sn. The fourth-order valence-electron chi connectivity index (χ4n) is 4.53. The third-order valence-electron chi connectivity index (χ3n) is 6.90. The maximum absolute atomic E-state index is 10.3. The summed E-state index contributed by atoms with van der Waals surface area (Å²) in [6, 6.07) is 0. The van der Waals surface area contributed by atoms with Crippen molar-refractivity contribution in [2.45, 2.75) is 198 Å². The first kappa shape index (κ1) is 37.4. The summed E-state index contributed by atoms with van der Waals surface area (Å²) >= 11 is 1.70. The minimum absolute atomic E-state index is 0.345. The van der Waals surface area contributed by atoms with Crippen molar-refractivity contribution < 1.29 is 9.90 Å². The molecule has 0 aliphatic heterocycles. The number of carboxylic acids is 1. The fourth-order valence-corrected chi connectivity index (χ4v) is 5.03. The van der Waals surface area contributed by atoms with Crippen molar-refractivity contribution in [3.63, 3.8) is 0 Å². The molecule has 1 N–H and O–H groups in total. The van der Waals surface area contributed by atoms with Gasteiger partial charge in [0, 0.05) is 6.42 Å². The molecular weight excluding hydrogens is 535 g/mol. The molecule has 0 aromatic carbocycles. The molecule has 0 fully saturated rings. The van der Waals surface area contributed by atoms with Crippen LogP contribution in [0.15, 0.2) is 0 Å². The van der Waals surface area contributed by atoms with Crippen molar-refractivity contribution >= 4 is 28.5 Å². The summed E-state index contributed by atoms with van der Waals surface area (Å²) in [5.41, 5.74) is 0. The Morgan fingerprint density at radius 2 is 0.771 bits per heavy atom. The Labute approximate surface area is 235 Å². The Bertz CT molecular complexity index is 403. The van der Waals surface area contributed by atoms with E-state index in [1.807, 2.05) is 0 Å². The molecule has 0 aliphatic carbocycles. The number of carbonyl (C=O) groups is 1. The molecule has 0 aliphatic rings. The maximum atomic E-state index is 10.3. The molecule has 0 bridgehead atoms. The average Bonchev–Trinajstić information content (AvgIpc) is 2.80. The molecule has 0 unspecified atom stereocenters. The van der Waals surface area contributed by atoms with Crippen LogP contribution < -0.4 is 0 Å². The van der Waals surface area contributed by atoms with Crippen molar-refractivity contribution in [2.24, 2.45) is 0 Å². The summed E-state index contributed by atoms with van der Waals surface area (Å²) in [5.74, 6) is -0.653. The van der Waals surface area contributed by atoms with E-state index in [-0.39, 0.29) is 0 Å². The van der Waals surface area contributed by atoms with Gasteiger partial charge in [-0.25, -0.2) is 0 Å². The number of hydrogen-bond donors (Lipinski definition) is 1. The van der Waals surface area contributed by atoms with Crippen LogP contribution in [0.25, 0.3) is 0 Å². The average molecular weight is 601 g/mol. The Balaban J connectivity index is 0. The van der Waals surface area contributed by atoms with Gasteiger partial charge >= 0.3 is 117 Å². The second-order valence-corrected chi connectivity index (χ2v) is 15.4. The van der Waals surface area contributed by atoms with Gasteiger partial charge < -0.3 is 5.11 Å². The predicted octanol–water partition coefficient (Wildman–Crippen LogP) is 11.6. The summed E-state index contributed by atoms with van der Waals surface area (Å²) in [6.45, 7) is 9.33. The molecule has 0 aromatic rings. The zero-order valence-electron chi connectivity index (χ0n) is 24.7. The summed E-state index contributed by atoms with van der Waals surface area (Å²) in [6.07, 6.45) is 34.7. The van der Waals surface area contributed by atoms with Gasteiger partial charge in [-0.3, -0.25) is 4.79 Å². The molecule has 35 heavy (non-hydrogen) atoms. The first-order valence-electron chi connectivity index (χ1n) is 15.8. The molecule has 3 radical (unpaired) electrons. The second kappa shape index (κ2) is 30.5. The van der Waals surface area contributed by atoms with Gasteiger partial charge in [-0.05, 0) is 6.42 Å². The van der Waals surface area contributed by atoms with Gasteiger partial charge in [-0.2, -0.15) is 0 Å². The van der Waals surface area contributed by atoms with Crippen LogP contribution >= 0.6 is 0 Å². The van der Waals surface area contributed by atoms with Crippen molar-refractivity contribution in [1.82, 2.24) is 0 Å². The van der Waals surface area contributed by atoms with E-state index in [2.05, 4.69) is 27.7 Å². The van der Waals surface area contributed by atoms with Crippen LogP contribution in [0.3, 0.4) is 0 Å². The molecule has 209 valence electrons. The van der Waals surface area contributed by atoms with E-state index in [1.54, 1.807) is 22.5 Å². The van der Waals surface area contributed by atoms with E-state index in [0.29, 0.717) is 9.85 Å². The standard InChI is InChI=1S/C18H36O2.C14H29.Sn/c1-2-3-4-5-6-7-8-9-10-11-12-13-14-15-16-17-18(19)20;1-4-5-6-7-8-9-10-11-12-13-14(2)3;/h2-17H2,1H3,(H,19,20);4-13H2,1-3H3;. The van der Waals surface area contributed by atoms with Gasteiger partial charge in [-0.15, -0.1) is 0 Å². The molecule has 0 amide bonds. The molecule has 2 nitrogen and oxygen atoms in total. The summed E-state index contributed by atoms with van der Waals surface area (Å²) in [4.78, 5) is 10.3.